The highest BCUT2D eigenvalue weighted by atomic mass is 16.2. The number of nitrogens with one attached hydrogen (secondary N) is 2. The maximum absolute atomic E-state index is 12.5. The fraction of sp³-hybridized carbons (Fsp3) is 0.286. The quantitative estimate of drug-likeness (QED) is 0.691. The van der Waals surface area contributed by atoms with E-state index in [2.05, 4.69) is 34.6 Å². The Kier molecular flexibility index (Phi) is 5.86. The van der Waals surface area contributed by atoms with E-state index in [1.165, 1.54) is 0 Å². The molecular formula is C21H25N5O. The number of benzene rings is 1. The third kappa shape index (κ3) is 4.53. The van der Waals surface area contributed by atoms with Crippen molar-refractivity contribution in [2.45, 2.75) is 26.7 Å². The first-order chi connectivity index (χ1) is 13.1. The first-order valence-corrected chi connectivity index (χ1v) is 9.11. The Morgan fingerprint density at radius 2 is 1.93 bits per heavy atom. The van der Waals surface area contributed by atoms with E-state index in [0.29, 0.717) is 18.2 Å². The van der Waals surface area contributed by atoms with Crippen molar-refractivity contribution in [1.29, 1.82) is 0 Å². The van der Waals surface area contributed by atoms with E-state index in [-0.39, 0.29) is 11.9 Å². The van der Waals surface area contributed by atoms with Crippen LogP contribution in [-0.4, -0.2) is 27.3 Å². The van der Waals surface area contributed by atoms with Crippen molar-refractivity contribution in [3.05, 3.63) is 72.3 Å². The zero-order chi connectivity index (χ0) is 19.2. The van der Waals surface area contributed by atoms with Gasteiger partial charge in [0.05, 0.1) is 11.4 Å². The van der Waals surface area contributed by atoms with Crippen LogP contribution in [0.15, 0.2) is 61.1 Å². The first kappa shape index (κ1) is 18.6. The Bertz CT molecular complexity index is 888. The van der Waals surface area contributed by atoms with Crippen LogP contribution in [0.3, 0.4) is 0 Å². The zero-order valence-corrected chi connectivity index (χ0v) is 15.9. The fourth-order valence-corrected chi connectivity index (χ4v) is 3.09. The largest absolute Gasteiger partial charge is 0.337 e. The molecule has 0 aliphatic rings. The number of hydrogen-bond donors (Lipinski definition) is 2. The topological polar surface area (TPSA) is 71.8 Å². The van der Waals surface area contributed by atoms with Crippen molar-refractivity contribution in [3.8, 4) is 5.69 Å². The third-order valence-electron chi connectivity index (χ3n) is 4.61. The number of urea groups is 1. The molecule has 0 spiro atoms. The van der Waals surface area contributed by atoms with Gasteiger partial charge >= 0.3 is 6.03 Å². The minimum atomic E-state index is -0.234. The van der Waals surface area contributed by atoms with Gasteiger partial charge in [0.2, 0.25) is 0 Å². The smallest absolute Gasteiger partial charge is 0.319 e. The number of anilines is 1. The van der Waals surface area contributed by atoms with E-state index in [4.69, 9.17) is 0 Å². The highest BCUT2D eigenvalue weighted by molar-refractivity contribution is 5.91. The second-order valence-corrected chi connectivity index (χ2v) is 6.87. The molecule has 3 rings (SSSR count). The summed E-state index contributed by atoms with van der Waals surface area (Å²) >= 11 is 0. The van der Waals surface area contributed by atoms with Gasteiger partial charge in [-0.15, -0.1) is 0 Å². The van der Waals surface area contributed by atoms with Crippen molar-refractivity contribution < 1.29 is 4.79 Å². The molecule has 2 heterocycles. The van der Waals surface area contributed by atoms with E-state index in [1.54, 1.807) is 12.4 Å². The number of aromatic nitrogens is 3. The van der Waals surface area contributed by atoms with Crippen molar-refractivity contribution in [2.24, 2.45) is 5.92 Å². The molecule has 0 radical (unpaired) electrons. The van der Waals surface area contributed by atoms with Crippen molar-refractivity contribution >= 4 is 11.7 Å². The summed E-state index contributed by atoms with van der Waals surface area (Å²) in [6.45, 7) is 6.81. The summed E-state index contributed by atoms with van der Waals surface area (Å²) in [6.07, 6.45) is 5.36. The fourth-order valence-electron chi connectivity index (χ4n) is 3.09. The first-order valence-electron chi connectivity index (χ1n) is 9.11. The average molecular weight is 363 g/mol. The Morgan fingerprint density at radius 1 is 1.11 bits per heavy atom. The molecule has 2 aromatic heterocycles. The predicted octanol–water partition coefficient (Wildman–Crippen LogP) is 4.14. The lowest BCUT2D eigenvalue weighted by molar-refractivity contribution is 0.250. The van der Waals surface area contributed by atoms with Gasteiger partial charge in [-0.1, -0.05) is 32.0 Å². The predicted molar refractivity (Wildman–Crippen MR) is 107 cm³/mol. The molecule has 6 nitrogen and oxygen atoms in total. The van der Waals surface area contributed by atoms with E-state index in [9.17, 15) is 4.79 Å². The lowest BCUT2D eigenvalue weighted by atomic mass is 9.89. The van der Waals surface area contributed by atoms with Crippen LogP contribution >= 0.6 is 0 Å². The standard InChI is InChI=1S/C21H25N5O/c1-15(2)18(17-7-6-11-22-13-17)14-23-21(27)25-19-8-4-5-9-20(19)26-16(3)10-12-24-26/h4-13,15,18H,14H2,1-3H3,(H2,23,25,27). The number of hydrogen-bond acceptors (Lipinski definition) is 3. The van der Waals surface area contributed by atoms with Crippen LogP contribution < -0.4 is 10.6 Å². The second-order valence-electron chi connectivity index (χ2n) is 6.87. The van der Waals surface area contributed by atoms with Gasteiger partial charge in [-0.05, 0) is 42.7 Å². The van der Waals surface area contributed by atoms with Gasteiger partial charge in [-0.25, -0.2) is 9.48 Å². The van der Waals surface area contributed by atoms with Gasteiger partial charge < -0.3 is 10.6 Å². The van der Waals surface area contributed by atoms with Crippen LogP contribution in [0.2, 0.25) is 0 Å². The molecule has 140 valence electrons. The van der Waals surface area contributed by atoms with Gasteiger partial charge in [-0.3, -0.25) is 4.98 Å². The molecule has 0 saturated heterocycles. The number of carbonyl (C=O) groups excluding carboxylic acids is 1. The lowest BCUT2D eigenvalue weighted by Crippen LogP contribution is -2.34. The molecule has 27 heavy (non-hydrogen) atoms. The second kappa shape index (κ2) is 8.49. The summed E-state index contributed by atoms with van der Waals surface area (Å²) in [6, 6.07) is 13.3. The highest BCUT2D eigenvalue weighted by Gasteiger charge is 2.17. The zero-order valence-electron chi connectivity index (χ0n) is 15.9. The van der Waals surface area contributed by atoms with Crippen LogP contribution in [-0.2, 0) is 0 Å². The van der Waals surface area contributed by atoms with Gasteiger partial charge in [0.1, 0.15) is 0 Å². The van der Waals surface area contributed by atoms with Gasteiger partial charge in [0, 0.05) is 36.7 Å². The van der Waals surface area contributed by atoms with E-state index < -0.39 is 0 Å². The van der Waals surface area contributed by atoms with Gasteiger partial charge in [0.25, 0.3) is 0 Å². The normalized spacial score (nSPS) is 12.0. The van der Waals surface area contributed by atoms with E-state index in [1.807, 2.05) is 60.3 Å². The monoisotopic (exact) mass is 363 g/mol. The van der Waals surface area contributed by atoms with Crippen molar-refractivity contribution in [1.82, 2.24) is 20.1 Å². The van der Waals surface area contributed by atoms with E-state index >= 15 is 0 Å². The summed E-state index contributed by atoms with van der Waals surface area (Å²) < 4.78 is 1.81. The number of amides is 2. The number of nitrogens with zero attached hydrogens (tertiary/aromatic N) is 3. The molecule has 2 N–H and O–H groups in total. The summed E-state index contributed by atoms with van der Waals surface area (Å²) in [7, 11) is 0. The summed E-state index contributed by atoms with van der Waals surface area (Å²) in [4.78, 5) is 16.7. The van der Waals surface area contributed by atoms with Crippen molar-refractivity contribution in [3.63, 3.8) is 0 Å². The maximum atomic E-state index is 12.5. The molecular weight excluding hydrogens is 338 g/mol. The summed E-state index contributed by atoms with van der Waals surface area (Å²) in [5.74, 6) is 0.585. The van der Waals surface area contributed by atoms with Gasteiger partial charge in [-0.2, -0.15) is 5.10 Å². The van der Waals surface area contributed by atoms with Crippen LogP contribution in [0.25, 0.3) is 5.69 Å². The molecule has 6 heteroatoms. The molecule has 0 saturated carbocycles. The molecule has 0 aliphatic carbocycles. The number of pyridine rings is 1. The van der Waals surface area contributed by atoms with Gasteiger partial charge in [0.15, 0.2) is 0 Å². The summed E-state index contributed by atoms with van der Waals surface area (Å²) in [5, 5.41) is 10.3. The SMILES string of the molecule is Cc1ccnn1-c1ccccc1NC(=O)NCC(c1cccnc1)C(C)C. The average Bonchev–Trinajstić information content (AvgIpc) is 3.09. The lowest BCUT2D eigenvalue weighted by Gasteiger charge is -2.22. The molecule has 0 bridgehead atoms. The molecule has 3 aromatic rings. The van der Waals surface area contributed by atoms with Crippen LogP contribution in [0, 0.1) is 12.8 Å². The Labute approximate surface area is 159 Å². The molecule has 1 atom stereocenters. The molecule has 1 aromatic carbocycles. The molecule has 0 aliphatic heterocycles. The minimum absolute atomic E-state index is 0.202. The third-order valence-corrected chi connectivity index (χ3v) is 4.61. The Balaban J connectivity index is 1.69. The van der Waals surface area contributed by atoms with Crippen LogP contribution in [0.4, 0.5) is 10.5 Å². The van der Waals surface area contributed by atoms with Crippen molar-refractivity contribution in [2.75, 3.05) is 11.9 Å². The minimum Gasteiger partial charge on any atom is -0.337 e. The number of para-hydroxylation sites is 2. The number of aryl methyl sites for hydroxylation is 1. The Morgan fingerprint density at radius 3 is 2.59 bits per heavy atom. The van der Waals surface area contributed by atoms with Crippen LogP contribution in [0.1, 0.15) is 31.0 Å². The molecule has 2 amide bonds. The number of rotatable bonds is 6. The summed E-state index contributed by atoms with van der Waals surface area (Å²) in [5.41, 5.74) is 3.67. The highest BCUT2D eigenvalue weighted by Crippen LogP contribution is 2.23. The van der Waals surface area contributed by atoms with Crippen LogP contribution in [0.5, 0.6) is 0 Å². The number of carbonyl (C=O) groups is 1. The molecule has 1 unspecified atom stereocenters. The maximum Gasteiger partial charge on any atom is 0.319 e. The molecule has 0 fully saturated rings. The van der Waals surface area contributed by atoms with E-state index in [0.717, 1.165) is 16.9 Å². The Hall–Kier alpha value is -3.15.